The first-order chi connectivity index (χ1) is 7.16. The third-order valence-corrected chi connectivity index (χ3v) is 2.52. The van der Waals surface area contributed by atoms with Crippen LogP contribution in [0.2, 0.25) is 0 Å². The summed E-state index contributed by atoms with van der Waals surface area (Å²) >= 11 is 4.98. The van der Waals surface area contributed by atoms with E-state index in [-0.39, 0.29) is 6.10 Å². The molecule has 0 spiro atoms. The third-order valence-electron chi connectivity index (χ3n) is 2.30. The first kappa shape index (κ1) is 10.4. The van der Waals surface area contributed by atoms with Crippen molar-refractivity contribution in [2.24, 2.45) is 5.73 Å². The van der Waals surface area contributed by atoms with E-state index in [9.17, 15) is 0 Å². The van der Waals surface area contributed by atoms with Crippen molar-refractivity contribution in [1.29, 1.82) is 0 Å². The predicted octanol–water partition coefficient (Wildman–Crippen LogP) is 1.41. The molecular formula is C11H13NO2S. The van der Waals surface area contributed by atoms with Gasteiger partial charge in [-0.15, -0.1) is 0 Å². The smallest absolute Gasteiger partial charge is 0.145 e. The lowest BCUT2D eigenvalue weighted by atomic mass is 10.1. The second kappa shape index (κ2) is 4.16. The quantitative estimate of drug-likeness (QED) is 0.787. The van der Waals surface area contributed by atoms with Crippen LogP contribution in [0.4, 0.5) is 0 Å². The Balaban J connectivity index is 2.23. The lowest BCUT2D eigenvalue weighted by Crippen LogP contribution is -2.39. The lowest BCUT2D eigenvalue weighted by Gasteiger charge is -2.27. The van der Waals surface area contributed by atoms with Crippen LogP contribution in [0, 0.1) is 6.92 Å². The Hall–Kier alpha value is -1.13. The average Bonchev–Trinajstić information content (AvgIpc) is 2.12. The van der Waals surface area contributed by atoms with E-state index in [2.05, 4.69) is 0 Å². The van der Waals surface area contributed by atoms with Gasteiger partial charge in [-0.2, -0.15) is 0 Å². The van der Waals surface area contributed by atoms with Crippen molar-refractivity contribution in [3.63, 3.8) is 0 Å². The Labute approximate surface area is 94.2 Å². The van der Waals surface area contributed by atoms with Gasteiger partial charge >= 0.3 is 0 Å². The van der Waals surface area contributed by atoms with Gasteiger partial charge in [0.25, 0.3) is 0 Å². The summed E-state index contributed by atoms with van der Waals surface area (Å²) in [5.41, 5.74) is 7.56. The van der Waals surface area contributed by atoms with Gasteiger partial charge in [0.1, 0.15) is 16.8 Å². The highest BCUT2D eigenvalue weighted by Gasteiger charge is 2.21. The summed E-state index contributed by atoms with van der Waals surface area (Å²) < 4.78 is 10.7. The largest absolute Gasteiger partial charge is 0.485 e. The summed E-state index contributed by atoms with van der Waals surface area (Å²) in [5, 5.41) is 0. The van der Waals surface area contributed by atoms with E-state index in [0.717, 1.165) is 16.9 Å². The molecule has 1 fully saturated rings. The van der Waals surface area contributed by atoms with Gasteiger partial charge in [0, 0.05) is 0 Å². The van der Waals surface area contributed by atoms with Crippen molar-refractivity contribution in [2.75, 3.05) is 13.2 Å². The molecule has 0 aromatic heterocycles. The van der Waals surface area contributed by atoms with Gasteiger partial charge in [0.15, 0.2) is 0 Å². The fourth-order valence-electron chi connectivity index (χ4n) is 1.40. The van der Waals surface area contributed by atoms with E-state index in [4.69, 9.17) is 27.4 Å². The van der Waals surface area contributed by atoms with Crippen molar-refractivity contribution >= 4 is 17.2 Å². The van der Waals surface area contributed by atoms with E-state index >= 15 is 0 Å². The number of benzene rings is 1. The van der Waals surface area contributed by atoms with Gasteiger partial charge in [-0.3, -0.25) is 0 Å². The molecule has 15 heavy (non-hydrogen) atoms. The van der Waals surface area contributed by atoms with E-state index < -0.39 is 0 Å². The minimum atomic E-state index is 0.140. The Morgan fingerprint density at radius 1 is 1.53 bits per heavy atom. The van der Waals surface area contributed by atoms with E-state index in [1.54, 1.807) is 0 Å². The number of nitrogens with two attached hydrogens (primary N) is 1. The van der Waals surface area contributed by atoms with Gasteiger partial charge < -0.3 is 15.2 Å². The molecule has 0 atom stereocenters. The molecule has 1 aliphatic heterocycles. The molecule has 3 nitrogen and oxygen atoms in total. The maximum absolute atomic E-state index is 5.71. The fraction of sp³-hybridized carbons (Fsp3) is 0.364. The van der Waals surface area contributed by atoms with Crippen LogP contribution in [0.25, 0.3) is 0 Å². The first-order valence-corrected chi connectivity index (χ1v) is 5.22. The highest BCUT2D eigenvalue weighted by molar-refractivity contribution is 7.80. The highest BCUT2D eigenvalue weighted by Crippen LogP contribution is 2.22. The van der Waals surface area contributed by atoms with Crippen LogP contribution in [0.15, 0.2) is 18.2 Å². The highest BCUT2D eigenvalue weighted by atomic mass is 32.1. The van der Waals surface area contributed by atoms with Gasteiger partial charge in [-0.05, 0) is 19.1 Å². The SMILES string of the molecule is Cc1ccc(OC2COC2)c(C(N)=S)c1. The molecule has 1 aromatic carbocycles. The molecule has 0 bridgehead atoms. The maximum atomic E-state index is 5.71. The van der Waals surface area contributed by atoms with Crippen LogP contribution in [-0.2, 0) is 4.74 Å². The van der Waals surface area contributed by atoms with Crippen LogP contribution < -0.4 is 10.5 Å². The zero-order valence-electron chi connectivity index (χ0n) is 8.53. The second-order valence-corrected chi connectivity index (χ2v) is 4.08. The summed E-state index contributed by atoms with van der Waals surface area (Å²) in [6.07, 6.45) is 0.140. The van der Waals surface area contributed by atoms with Crippen LogP contribution in [-0.4, -0.2) is 24.3 Å². The number of rotatable bonds is 3. The summed E-state index contributed by atoms with van der Waals surface area (Å²) in [6.45, 7) is 3.29. The van der Waals surface area contributed by atoms with Crippen molar-refractivity contribution in [2.45, 2.75) is 13.0 Å². The van der Waals surface area contributed by atoms with Gasteiger partial charge in [-0.1, -0.05) is 23.8 Å². The fourth-order valence-corrected chi connectivity index (χ4v) is 1.56. The molecule has 2 rings (SSSR count). The monoisotopic (exact) mass is 223 g/mol. The average molecular weight is 223 g/mol. The Kier molecular flexibility index (Phi) is 2.88. The zero-order valence-corrected chi connectivity index (χ0v) is 9.34. The zero-order chi connectivity index (χ0) is 10.8. The summed E-state index contributed by atoms with van der Waals surface area (Å²) in [7, 11) is 0. The normalized spacial score (nSPS) is 15.8. The molecule has 0 unspecified atom stereocenters. The predicted molar refractivity (Wildman–Crippen MR) is 62.3 cm³/mol. The topological polar surface area (TPSA) is 44.5 Å². The number of thiocarbonyl (C=S) groups is 1. The number of ether oxygens (including phenoxy) is 2. The molecule has 2 N–H and O–H groups in total. The molecule has 1 aromatic rings. The van der Waals surface area contributed by atoms with E-state index in [0.29, 0.717) is 18.2 Å². The molecule has 1 saturated heterocycles. The molecule has 1 heterocycles. The molecule has 0 radical (unpaired) electrons. The maximum Gasteiger partial charge on any atom is 0.145 e. The summed E-state index contributed by atoms with van der Waals surface area (Å²) in [5.74, 6) is 0.751. The first-order valence-electron chi connectivity index (χ1n) is 4.81. The van der Waals surface area contributed by atoms with Crippen LogP contribution in [0.5, 0.6) is 5.75 Å². The molecule has 0 aliphatic carbocycles. The minimum Gasteiger partial charge on any atom is -0.485 e. The van der Waals surface area contributed by atoms with Crippen LogP contribution in [0.3, 0.4) is 0 Å². The molecule has 4 heteroatoms. The van der Waals surface area contributed by atoms with Crippen LogP contribution in [0.1, 0.15) is 11.1 Å². The minimum absolute atomic E-state index is 0.140. The number of hydrogen-bond donors (Lipinski definition) is 1. The number of hydrogen-bond acceptors (Lipinski definition) is 3. The van der Waals surface area contributed by atoms with Gasteiger partial charge in [-0.25, -0.2) is 0 Å². The van der Waals surface area contributed by atoms with Crippen LogP contribution >= 0.6 is 12.2 Å². The Morgan fingerprint density at radius 2 is 2.27 bits per heavy atom. The van der Waals surface area contributed by atoms with Crippen molar-refractivity contribution in [1.82, 2.24) is 0 Å². The lowest BCUT2D eigenvalue weighted by molar-refractivity contribution is -0.0797. The Bertz CT molecular complexity index is 388. The molecule has 0 saturated carbocycles. The standard InChI is InChI=1S/C11H13NO2S/c1-7-2-3-10(9(4-7)11(12)15)14-8-5-13-6-8/h2-4,8H,5-6H2,1H3,(H2,12,15). The Morgan fingerprint density at radius 3 is 2.80 bits per heavy atom. The molecule has 0 amide bonds. The summed E-state index contributed by atoms with van der Waals surface area (Å²) in [4.78, 5) is 0.369. The van der Waals surface area contributed by atoms with Gasteiger partial charge in [0.2, 0.25) is 0 Å². The van der Waals surface area contributed by atoms with Crippen molar-refractivity contribution in [3.05, 3.63) is 29.3 Å². The van der Waals surface area contributed by atoms with E-state index in [1.165, 1.54) is 0 Å². The summed E-state index contributed by atoms with van der Waals surface area (Å²) in [6, 6.07) is 5.83. The van der Waals surface area contributed by atoms with Gasteiger partial charge in [0.05, 0.1) is 18.8 Å². The van der Waals surface area contributed by atoms with Crippen molar-refractivity contribution < 1.29 is 9.47 Å². The van der Waals surface area contributed by atoms with E-state index in [1.807, 2.05) is 25.1 Å². The number of aryl methyl sites for hydroxylation is 1. The second-order valence-electron chi connectivity index (χ2n) is 3.64. The third kappa shape index (κ3) is 2.27. The van der Waals surface area contributed by atoms with Crippen molar-refractivity contribution in [3.8, 4) is 5.75 Å². The molecular weight excluding hydrogens is 210 g/mol. The molecule has 80 valence electrons. The molecule has 1 aliphatic rings.